The van der Waals surface area contributed by atoms with Crippen LogP contribution in [0.5, 0.6) is 0 Å². The van der Waals surface area contributed by atoms with Crippen molar-refractivity contribution < 1.29 is 13.2 Å². The van der Waals surface area contributed by atoms with E-state index in [2.05, 4.69) is 10.3 Å². The molecule has 0 spiro atoms. The third-order valence-corrected chi connectivity index (χ3v) is 3.48. The molecule has 3 nitrogen and oxygen atoms in total. The third-order valence-electron chi connectivity index (χ3n) is 3.11. The first-order chi connectivity index (χ1) is 10.3. The second kappa shape index (κ2) is 8.88. The topological polar surface area (TPSA) is 27.6 Å². The van der Waals surface area contributed by atoms with E-state index in [4.69, 9.17) is 11.6 Å². The molecule has 1 aromatic carbocycles. The minimum Gasteiger partial charge on any atom is -0.356 e. The zero-order chi connectivity index (χ0) is 16.6. The fourth-order valence-corrected chi connectivity index (χ4v) is 2.19. The van der Waals surface area contributed by atoms with Gasteiger partial charge < -0.3 is 10.2 Å². The van der Waals surface area contributed by atoms with Crippen LogP contribution in [0.3, 0.4) is 0 Å². The number of nitrogens with zero attached hydrogens (tertiary/aromatic N) is 2. The van der Waals surface area contributed by atoms with Gasteiger partial charge in [-0.1, -0.05) is 29.8 Å². The molecule has 0 unspecified atom stereocenters. The van der Waals surface area contributed by atoms with E-state index in [1.165, 1.54) is 0 Å². The minimum atomic E-state index is -4.08. The summed E-state index contributed by atoms with van der Waals surface area (Å²) >= 11 is 6.11. The van der Waals surface area contributed by atoms with Gasteiger partial charge in [0.15, 0.2) is 5.96 Å². The number of hydrogen-bond acceptors (Lipinski definition) is 1. The number of rotatable bonds is 6. The van der Waals surface area contributed by atoms with Gasteiger partial charge in [0, 0.05) is 38.6 Å². The largest absolute Gasteiger partial charge is 0.389 e. The Hall–Kier alpha value is -1.43. The molecule has 0 saturated carbocycles. The van der Waals surface area contributed by atoms with Gasteiger partial charge in [-0.05, 0) is 24.5 Å². The van der Waals surface area contributed by atoms with Crippen LogP contribution in [0.25, 0.3) is 0 Å². The Morgan fingerprint density at radius 3 is 2.55 bits per heavy atom. The second-order valence-corrected chi connectivity index (χ2v) is 5.40. The van der Waals surface area contributed by atoms with Gasteiger partial charge in [-0.25, -0.2) is 0 Å². The molecule has 1 aromatic rings. The molecule has 0 fully saturated rings. The van der Waals surface area contributed by atoms with Gasteiger partial charge in [-0.2, -0.15) is 13.2 Å². The predicted octanol–water partition coefficient (Wildman–Crippen LogP) is 4.08. The second-order valence-electron chi connectivity index (χ2n) is 4.99. The highest BCUT2D eigenvalue weighted by Crippen LogP contribution is 2.21. The quantitative estimate of drug-likeness (QED) is 0.482. The molecule has 22 heavy (non-hydrogen) atoms. The van der Waals surface area contributed by atoms with Crippen LogP contribution in [0.2, 0.25) is 5.02 Å². The van der Waals surface area contributed by atoms with Crippen molar-refractivity contribution in [2.45, 2.75) is 32.0 Å². The summed E-state index contributed by atoms with van der Waals surface area (Å²) in [6, 6.07) is 7.51. The maximum atomic E-state index is 12.1. The Morgan fingerprint density at radius 1 is 1.27 bits per heavy atom. The Balaban J connectivity index is 2.39. The fraction of sp³-hybridized carbons (Fsp3) is 0.533. The van der Waals surface area contributed by atoms with Crippen molar-refractivity contribution in [2.24, 2.45) is 4.99 Å². The summed E-state index contributed by atoms with van der Waals surface area (Å²) in [4.78, 5) is 6.01. The first-order valence-corrected chi connectivity index (χ1v) is 7.43. The monoisotopic (exact) mass is 335 g/mol. The molecule has 0 radical (unpaired) electrons. The minimum absolute atomic E-state index is 0.113. The summed E-state index contributed by atoms with van der Waals surface area (Å²) in [5.41, 5.74) is 0.965. The van der Waals surface area contributed by atoms with Crippen LogP contribution in [0.15, 0.2) is 29.3 Å². The Kier molecular flexibility index (Phi) is 7.51. The fourth-order valence-electron chi connectivity index (χ4n) is 1.99. The van der Waals surface area contributed by atoms with Crippen LogP contribution >= 0.6 is 11.6 Å². The van der Waals surface area contributed by atoms with E-state index < -0.39 is 12.6 Å². The molecule has 124 valence electrons. The molecular weight excluding hydrogens is 315 g/mol. The summed E-state index contributed by atoms with van der Waals surface area (Å²) in [5.74, 6) is 0.631. The Morgan fingerprint density at radius 2 is 1.95 bits per heavy atom. The van der Waals surface area contributed by atoms with Crippen molar-refractivity contribution >= 4 is 17.6 Å². The molecule has 0 aliphatic rings. The van der Waals surface area contributed by atoms with Gasteiger partial charge in [0.2, 0.25) is 0 Å². The number of guanidine groups is 1. The Bertz CT molecular complexity index is 489. The zero-order valence-corrected chi connectivity index (χ0v) is 13.5. The molecule has 1 N–H and O–H groups in total. The SMILES string of the molecule is CN=C(NCCCCC(F)(F)F)N(C)Cc1ccccc1Cl. The van der Waals surface area contributed by atoms with Gasteiger partial charge in [0.05, 0.1) is 0 Å². The van der Waals surface area contributed by atoms with Crippen molar-refractivity contribution in [3.63, 3.8) is 0 Å². The van der Waals surface area contributed by atoms with Gasteiger partial charge in [0.25, 0.3) is 0 Å². The van der Waals surface area contributed by atoms with Crippen molar-refractivity contribution in [3.05, 3.63) is 34.9 Å². The molecular formula is C15H21ClF3N3. The number of benzene rings is 1. The van der Waals surface area contributed by atoms with E-state index in [0.717, 1.165) is 5.56 Å². The summed E-state index contributed by atoms with van der Waals surface area (Å²) in [6.07, 6.45) is -4.27. The number of unbranched alkanes of at least 4 members (excludes halogenated alkanes) is 1. The van der Waals surface area contributed by atoms with Crippen molar-refractivity contribution in [3.8, 4) is 0 Å². The maximum absolute atomic E-state index is 12.1. The maximum Gasteiger partial charge on any atom is 0.389 e. The van der Waals surface area contributed by atoms with E-state index in [-0.39, 0.29) is 6.42 Å². The number of hydrogen-bond donors (Lipinski definition) is 1. The van der Waals surface area contributed by atoms with E-state index in [0.29, 0.717) is 30.5 Å². The summed E-state index contributed by atoms with van der Waals surface area (Å²) < 4.78 is 36.2. The lowest BCUT2D eigenvalue weighted by Gasteiger charge is -2.22. The molecule has 0 heterocycles. The molecule has 0 bridgehead atoms. The number of halogens is 4. The van der Waals surface area contributed by atoms with E-state index in [1.54, 1.807) is 7.05 Å². The number of aliphatic imine (C=N–C) groups is 1. The summed E-state index contributed by atoms with van der Waals surface area (Å²) in [7, 11) is 3.50. The van der Waals surface area contributed by atoms with Crippen LogP contribution in [-0.4, -0.2) is 37.7 Å². The summed E-state index contributed by atoms with van der Waals surface area (Å²) in [6.45, 7) is 1.03. The molecule has 0 atom stereocenters. The molecule has 0 saturated heterocycles. The summed E-state index contributed by atoms with van der Waals surface area (Å²) in [5, 5.41) is 3.74. The molecule has 0 aromatic heterocycles. The highest BCUT2D eigenvalue weighted by atomic mass is 35.5. The predicted molar refractivity (Wildman–Crippen MR) is 84.2 cm³/mol. The first-order valence-electron chi connectivity index (χ1n) is 7.05. The molecule has 0 aliphatic heterocycles. The van der Waals surface area contributed by atoms with Gasteiger partial charge in [-0.3, -0.25) is 4.99 Å². The van der Waals surface area contributed by atoms with Crippen molar-refractivity contribution in [2.75, 3.05) is 20.6 Å². The number of alkyl halides is 3. The smallest absolute Gasteiger partial charge is 0.356 e. The molecule has 0 amide bonds. The van der Waals surface area contributed by atoms with Crippen molar-refractivity contribution in [1.29, 1.82) is 0 Å². The zero-order valence-electron chi connectivity index (χ0n) is 12.8. The average molecular weight is 336 g/mol. The third kappa shape index (κ3) is 7.02. The first kappa shape index (κ1) is 18.6. The van der Waals surface area contributed by atoms with Crippen LogP contribution < -0.4 is 5.32 Å². The lowest BCUT2D eigenvalue weighted by Crippen LogP contribution is -2.39. The lowest BCUT2D eigenvalue weighted by molar-refractivity contribution is -0.135. The van der Waals surface area contributed by atoms with Crippen LogP contribution in [0, 0.1) is 0 Å². The van der Waals surface area contributed by atoms with Crippen LogP contribution in [-0.2, 0) is 6.54 Å². The van der Waals surface area contributed by atoms with Gasteiger partial charge in [0.1, 0.15) is 0 Å². The van der Waals surface area contributed by atoms with Crippen molar-refractivity contribution in [1.82, 2.24) is 10.2 Å². The highest BCUT2D eigenvalue weighted by molar-refractivity contribution is 6.31. The molecule has 1 rings (SSSR count). The Labute approximate surface area is 134 Å². The van der Waals surface area contributed by atoms with Gasteiger partial charge in [-0.15, -0.1) is 0 Å². The van der Waals surface area contributed by atoms with E-state index >= 15 is 0 Å². The molecule has 7 heteroatoms. The lowest BCUT2D eigenvalue weighted by atomic mass is 10.2. The van der Waals surface area contributed by atoms with E-state index in [1.807, 2.05) is 36.2 Å². The van der Waals surface area contributed by atoms with Gasteiger partial charge >= 0.3 is 6.18 Å². The van der Waals surface area contributed by atoms with Crippen LogP contribution in [0.1, 0.15) is 24.8 Å². The van der Waals surface area contributed by atoms with E-state index in [9.17, 15) is 13.2 Å². The average Bonchev–Trinajstić information content (AvgIpc) is 2.44. The standard InChI is InChI=1S/C15H21ClF3N3/c1-20-14(21-10-6-5-9-15(17,18)19)22(2)11-12-7-3-4-8-13(12)16/h3-4,7-8H,5-6,9-11H2,1-2H3,(H,20,21). The molecule has 0 aliphatic carbocycles. The highest BCUT2D eigenvalue weighted by Gasteiger charge is 2.25. The van der Waals surface area contributed by atoms with Crippen LogP contribution in [0.4, 0.5) is 13.2 Å². The number of nitrogens with one attached hydrogen (secondary N) is 1. The normalized spacial score (nSPS) is 12.4.